The molecule has 1 unspecified atom stereocenters. The second kappa shape index (κ2) is 2.28. The highest BCUT2D eigenvalue weighted by atomic mass is 14.9. The Labute approximate surface area is 44.1 Å². The van der Waals surface area contributed by atoms with Gasteiger partial charge in [-0.05, 0) is 12.8 Å². The van der Waals surface area contributed by atoms with Crippen LogP contribution in [-0.4, -0.2) is 19.1 Å². The summed E-state index contributed by atoms with van der Waals surface area (Å²) in [7, 11) is 0. The third-order valence-corrected chi connectivity index (χ3v) is 1.25. The second-order valence-corrected chi connectivity index (χ2v) is 2.03. The van der Waals surface area contributed by atoms with E-state index in [0.29, 0.717) is 6.04 Å². The minimum Gasteiger partial charge on any atom is -0.326 e. The van der Waals surface area contributed by atoms with Crippen molar-refractivity contribution < 1.29 is 0 Å². The van der Waals surface area contributed by atoms with Crippen molar-refractivity contribution in [2.45, 2.75) is 18.9 Å². The van der Waals surface area contributed by atoms with Gasteiger partial charge in [-0.3, -0.25) is 0 Å². The molecular formula is C5H11N2. The van der Waals surface area contributed by atoms with Gasteiger partial charge in [0.1, 0.15) is 0 Å². The van der Waals surface area contributed by atoms with E-state index in [1.54, 1.807) is 0 Å². The van der Waals surface area contributed by atoms with Crippen LogP contribution in [0.3, 0.4) is 0 Å². The van der Waals surface area contributed by atoms with Crippen molar-refractivity contribution in [3.8, 4) is 0 Å². The zero-order valence-electron chi connectivity index (χ0n) is 4.43. The van der Waals surface area contributed by atoms with Gasteiger partial charge < -0.3 is 5.73 Å². The van der Waals surface area contributed by atoms with Crippen molar-refractivity contribution in [2.75, 3.05) is 13.1 Å². The summed E-state index contributed by atoms with van der Waals surface area (Å²) in [6.45, 7) is 1.92. The molecule has 0 aromatic carbocycles. The van der Waals surface area contributed by atoms with Crippen molar-refractivity contribution in [1.82, 2.24) is 5.32 Å². The average molecular weight is 99.2 g/mol. The predicted molar refractivity (Wildman–Crippen MR) is 29.1 cm³/mol. The fourth-order valence-corrected chi connectivity index (χ4v) is 0.814. The molecule has 2 heteroatoms. The van der Waals surface area contributed by atoms with Crippen LogP contribution in [-0.2, 0) is 0 Å². The van der Waals surface area contributed by atoms with Crippen molar-refractivity contribution in [2.24, 2.45) is 5.73 Å². The molecule has 7 heavy (non-hydrogen) atoms. The second-order valence-electron chi connectivity index (χ2n) is 2.03. The number of nitrogens with zero attached hydrogens (tertiary/aromatic N) is 1. The fourth-order valence-electron chi connectivity index (χ4n) is 0.814. The van der Waals surface area contributed by atoms with Crippen LogP contribution in [0.1, 0.15) is 12.8 Å². The number of hydrogen-bond acceptors (Lipinski definition) is 1. The molecule has 1 heterocycles. The number of hydrogen-bond donors (Lipinski definition) is 1. The maximum absolute atomic E-state index is 5.54. The SMILES string of the molecule is NC1CCC[N]C1. The van der Waals surface area contributed by atoms with Crippen LogP contribution < -0.4 is 11.1 Å². The Kier molecular flexibility index (Phi) is 1.65. The molecule has 1 radical (unpaired) electrons. The Hall–Kier alpha value is -0.0800. The maximum atomic E-state index is 5.54. The Balaban J connectivity index is 2.12. The lowest BCUT2D eigenvalue weighted by atomic mass is 10.1. The molecule has 0 aliphatic carbocycles. The molecule has 0 spiro atoms. The standard InChI is InChI=1S/C5H11N2/c6-5-2-1-3-7-4-5/h5H,1-4,6H2. The third-order valence-electron chi connectivity index (χ3n) is 1.25. The highest BCUT2D eigenvalue weighted by molar-refractivity contribution is 4.69. The summed E-state index contributed by atoms with van der Waals surface area (Å²) in [4.78, 5) is 0. The molecule has 1 aliphatic heterocycles. The van der Waals surface area contributed by atoms with Crippen molar-refractivity contribution >= 4 is 0 Å². The predicted octanol–water partition coefficient (Wildman–Crippen LogP) is -0.288. The quantitative estimate of drug-likeness (QED) is 0.445. The summed E-state index contributed by atoms with van der Waals surface area (Å²) in [5, 5.41) is 4.13. The summed E-state index contributed by atoms with van der Waals surface area (Å²) in [6.07, 6.45) is 2.37. The van der Waals surface area contributed by atoms with Gasteiger partial charge in [-0.1, -0.05) is 0 Å². The summed E-state index contributed by atoms with van der Waals surface area (Å²) in [5.41, 5.74) is 5.54. The van der Waals surface area contributed by atoms with Gasteiger partial charge in [-0.15, -0.1) is 0 Å². The van der Waals surface area contributed by atoms with Crippen LogP contribution in [0.5, 0.6) is 0 Å². The van der Waals surface area contributed by atoms with Gasteiger partial charge in [-0.2, -0.15) is 0 Å². The van der Waals surface area contributed by atoms with Crippen LogP contribution >= 0.6 is 0 Å². The van der Waals surface area contributed by atoms with Crippen LogP contribution in [0.2, 0.25) is 0 Å². The van der Waals surface area contributed by atoms with E-state index in [4.69, 9.17) is 5.73 Å². The lowest BCUT2D eigenvalue weighted by Gasteiger charge is -2.15. The molecule has 1 rings (SSSR count). The molecular weight excluding hydrogens is 88.1 g/mol. The van der Waals surface area contributed by atoms with Gasteiger partial charge in [0.25, 0.3) is 0 Å². The highest BCUT2D eigenvalue weighted by Gasteiger charge is 2.06. The maximum Gasteiger partial charge on any atom is 0.0285 e. The molecule has 2 nitrogen and oxygen atoms in total. The van der Waals surface area contributed by atoms with E-state index in [-0.39, 0.29) is 0 Å². The fraction of sp³-hybridized carbons (Fsp3) is 1.00. The molecule has 1 aliphatic rings. The number of nitrogens with two attached hydrogens (primary N) is 1. The molecule has 2 N–H and O–H groups in total. The van der Waals surface area contributed by atoms with E-state index in [1.807, 2.05) is 0 Å². The molecule has 0 amide bonds. The Morgan fingerprint density at radius 1 is 1.57 bits per heavy atom. The van der Waals surface area contributed by atoms with E-state index in [0.717, 1.165) is 13.1 Å². The first-order valence-electron chi connectivity index (χ1n) is 2.78. The van der Waals surface area contributed by atoms with Crippen molar-refractivity contribution in [1.29, 1.82) is 0 Å². The van der Waals surface area contributed by atoms with Crippen LogP contribution in [0.15, 0.2) is 0 Å². The van der Waals surface area contributed by atoms with Crippen LogP contribution in [0.25, 0.3) is 0 Å². The highest BCUT2D eigenvalue weighted by Crippen LogP contribution is 1.97. The summed E-state index contributed by atoms with van der Waals surface area (Å²) in [6, 6.07) is 0.369. The summed E-state index contributed by atoms with van der Waals surface area (Å²) in [5.74, 6) is 0. The molecule has 0 aromatic heterocycles. The zero-order chi connectivity index (χ0) is 5.11. The Morgan fingerprint density at radius 2 is 2.43 bits per heavy atom. The summed E-state index contributed by atoms with van der Waals surface area (Å²) >= 11 is 0. The smallest absolute Gasteiger partial charge is 0.0285 e. The number of rotatable bonds is 0. The van der Waals surface area contributed by atoms with Gasteiger partial charge in [-0.25, -0.2) is 5.32 Å². The molecule has 0 aromatic rings. The van der Waals surface area contributed by atoms with E-state index in [9.17, 15) is 0 Å². The van der Waals surface area contributed by atoms with Gasteiger partial charge in [0.2, 0.25) is 0 Å². The number of piperidine rings is 1. The topological polar surface area (TPSA) is 40.1 Å². The first kappa shape index (κ1) is 5.06. The lowest BCUT2D eigenvalue weighted by molar-refractivity contribution is 0.452. The summed E-state index contributed by atoms with van der Waals surface area (Å²) < 4.78 is 0. The third kappa shape index (κ3) is 1.45. The molecule has 1 saturated heterocycles. The molecule has 0 bridgehead atoms. The van der Waals surface area contributed by atoms with Crippen LogP contribution in [0, 0.1) is 0 Å². The van der Waals surface area contributed by atoms with E-state index >= 15 is 0 Å². The molecule has 1 atom stereocenters. The van der Waals surface area contributed by atoms with Gasteiger partial charge in [0.15, 0.2) is 0 Å². The zero-order valence-corrected chi connectivity index (χ0v) is 4.43. The van der Waals surface area contributed by atoms with Gasteiger partial charge >= 0.3 is 0 Å². The van der Waals surface area contributed by atoms with E-state index in [1.165, 1.54) is 12.8 Å². The minimum atomic E-state index is 0.369. The normalized spacial score (nSPS) is 33.0. The minimum absolute atomic E-state index is 0.369. The first-order chi connectivity index (χ1) is 3.39. The van der Waals surface area contributed by atoms with Crippen molar-refractivity contribution in [3.63, 3.8) is 0 Å². The average Bonchev–Trinajstić information content (AvgIpc) is 1.69. The Bertz CT molecular complexity index is 48.0. The van der Waals surface area contributed by atoms with E-state index < -0.39 is 0 Å². The van der Waals surface area contributed by atoms with Crippen molar-refractivity contribution in [3.05, 3.63) is 0 Å². The van der Waals surface area contributed by atoms with Gasteiger partial charge in [0.05, 0.1) is 0 Å². The monoisotopic (exact) mass is 99.1 g/mol. The van der Waals surface area contributed by atoms with E-state index in [2.05, 4.69) is 5.32 Å². The largest absolute Gasteiger partial charge is 0.326 e. The molecule has 0 saturated carbocycles. The molecule has 1 fully saturated rings. The Morgan fingerprint density at radius 3 is 2.71 bits per heavy atom. The molecule has 41 valence electrons. The first-order valence-corrected chi connectivity index (χ1v) is 2.78. The van der Waals surface area contributed by atoms with Crippen LogP contribution in [0.4, 0.5) is 0 Å². The van der Waals surface area contributed by atoms with Gasteiger partial charge in [0, 0.05) is 19.1 Å². The lowest BCUT2D eigenvalue weighted by Crippen LogP contribution is -2.35.